The van der Waals surface area contributed by atoms with Crippen molar-refractivity contribution in [1.82, 2.24) is 5.32 Å². The van der Waals surface area contributed by atoms with Crippen LogP contribution in [0.4, 0.5) is 0 Å². The third kappa shape index (κ3) is 3.48. The Balaban J connectivity index is 1.64. The number of hydrogen-bond donors (Lipinski definition) is 1. The standard InChI is InChI=1S/C19H21NO2/c1-14(20-19(21)11-10-18-7-4-12-22-18)16-9-8-15-5-2-3-6-17(15)13-16/h4,7-14H,2-3,5-6H2,1H3,(H,20,21). The average Bonchev–Trinajstić information content (AvgIpc) is 3.06. The van der Waals surface area contributed by atoms with Crippen LogP contribution in [0.25, 0.3) is 6.08 Å². The molecule has 0 fully saturated rings. The van der Waals surface area contributed by atoms with E-state index in [1.54, 1.807) is 18.4 Å². The summed E-state index contributed by atoms with van der Waals surface area (Å²) < 4.78 is 5.17. The van der Waals surface area contributed by atoms with Gasteiger partial charge in [-0.25, -0.2) is 0 Å². The quantitative estimate of drug-likeness (QED) is 0.865. The first-order chi connectivity index (χ1) is 10.7. The van der Waals surface area contributed by atoms with Gasteiger partial charge in [0.25, 0.3) is 0 Å². The van der Waals surface area contributed by atoms with Crippen LogP contribution < -0.4 is 5.32 Å². The number of benzene rings is 1. The summed E-state index contributed by atoms with van der Waals surface area (Å²) in [5, 5.41) is 3.00. The minimum atomic E-state index is -0.110. The molecule has 1 aliphatic rings. The highest BCUT2D eigenvalue weighted by molar-refractivity contribution is 5.91. The van der Waals surface area contributed by atoms with Crippen molar-refractivity contribution in [3.05, 3.63) is 65.1 Å². The Bertz CT molecular complexity index is 671. The van der Waals surface area contributed by atoms with E-state index < -0.39 is 0 Å². The zero-order valence-electron chi connectivity index (χ0n) is 12.8. The van der Waals surface area contributed by atoms with Gasteiger partial charge in [0.2, 0.25) is 5.91 Å². The summed E-state index contributed by atoms with van der Waals surface area (Å²) in [4.78, 5) is 12.0. The molecule has 0 radical (unpaired) electrons. The molecule has 3 heteroatoms. The van der Waals surface area contributed by atoms with E-state index >= 15 is 0 Å². The Morgan fingerprint density at radius 2 is 2.05 bits per heavy atom. The molecule has 3 rings (SSSR count). The van der Waals surface area contributed by atoms with Gasteiger partial charge in [-0.15, -0.1) is 0 Å². The number of carbonyl (C=O) groups excluding carboxylic acids is 1. The van der Waals surface area contributed by atoms with E-state index in [-0.39, 0.29) is 11.9 Å². The van der Waals surface area contributed by atoms with Crippen molar-refractivity contribution in [2.24, 2.45) is 0 Å². The minimum Gasteiger partial charge on any atom is -0.465 e. The first-order valence-electron chi connectivity index (χ1n) is 7.86. The van der Waals surface area contributed by atoms with Gasteiger partial charge >= 0.3 is 0 Å². The second-order valence-corrected chi connectivity index (χ2v) is 5.81. The fraction of sp³-hybridized carbons (Fsp3) is 0.316. The molecule has 22 heavy (non-hydrogen) atoms. The van der Waals surface area contributed by atoms with Crippen LogP contribution in [0.15, 0.2) is 47.1 Å². The summed E-state index contributed by atoms with van der Waals surface area (Å²) in [6.45, 7) is 2.02. The van der Waals surface area contributed by atoms with Gasteiger partial charge in [-0.1, -0.05) is 18.2 Å². The largest absolute Gasteiger partial charge is 0.465 e. The van der Waals surface area contributed by atoms with Gasteiger partial charge in [0, 0.05) is 6.08 Å². The summed E-state index contributed by atoms with van der Waals surface area (Å²) >= 11 is 0. The molecular weight excluding hydrogens is 274 g/mol. The SMILES string of the molecule is CC(NC(=O)C=Cc1ccco1)c1ccc2c(c1)CCCC2. The van der Waals surface area contributed by atoms with Crippen molar-refractivity contribution in [2.45, 2.75) is 38.6 Å². The van der Waals surface area contributed by atoms with Crippen LogP contribution in [0.5, 0.6) is 0 Å². The van der Waals surface area contributed by atoms with Gasteiger partial charge in [-0.2, -0.15) is 0 Å². The number of aryl methyl sites for hydroxylation is 2. The molecule has 1 N–H and O–H groups in total. The number of hydrogen-bond acceptors (Lipinski definition) is 2. The predicted octanol–water partition coefficient (Wildman–Crippen LogP) is 4.05. The second kappa shape index (κ2) is 6.65. The summed E-state index contributed by atoms with van der Waals surface area (Å²) in [6.07, 6.45) is 9.67. The lowest BCUT2D eigenvalue weighted by Crippen LogP contribution is -2.24. The van der Waals surface area contributed by atoms with Gasteiger partial charge in [0.1, 0.15) is 5.76 Å². The van der Waals surface area contributed by atoms with Crippen LogP contribution in [0.2, 0.25) is 0 Å². The third-order valence-corrected chi connectivity index (χ3v) is 4.17. The van der Waals surface area contributed by atoms with E-state index in [9.17, 15) is 4.79 Å². The lowest BCUT2D eigenvalue weighted by Gasteiger charge is -2.19. The van der Waals surface area contributed by atoms with Crippen molar-refractivity contribution < 1.29 is 9.21 Å². The maximum absolute atomic E-state index is 12.0. The highest BCUT2D eigenvalue weighted by Gasteiger charge is 2.13. The van der Waals surface area contributed by atoms with Crippen LogP contribution >= 0.6 is 0 Å². The maximum atomic E-state index is 12.0. The molecule has 114 valence electrons. The molecular formula is C19H21NO2. The van der Waals surface area contributed by atoms with Crippen molar-refractivity contribution in [3.8, 4) is 0 Å². The predicted molar refractivity (Wildman–Crippen MR) is 87.4 cm³/mol. The van der Waals surface area contributed by atoms with Gasteiger partial charge in [-0.3, -0.25) is 4.79 Å². The van der Waals surface area contributed by atoms with Crippen LogP contribution in [0.3, 0.4) is 0 Å². The second-order valence-electron chi connectivity index (χ2n) is 5.81. The lowest BCUT2D eigenvalue weighted by atomic mass is 9.89. The normalized spacial score (nSPS) is 15.5. The van der Waals surface area contributed by atoms with Crippen molar-refractivity contribution >= 4 is 12.0 Å². The van der Waals surface area contributed by atoms with Crippen LogP contribution in [-0.4, -0.2) is 5.91 Å². The van der Waals surface area contributed by atoms with E-state index in [1.165, 1.54) is 42.0 Å². The molecule has 0 bridgehead atoms. The highest BCUT2D eigenvalue weighted by atomic mass is 16.3. The molecule has 1 aromatic heterocycles. The Hall–Kier alpha value is -2.29. The van der Waals surface area contributed by atoms with Gasteiger partial charge in [0.05, 0.1) is 12.3 Å². The minimum absolute atomic E-state index is 0.000905. The Morgan fingerprint density at radius 3 is 2.82 bits per heavy atom. The molecule has 3 nitrogen and oxygen atoms in total. The van der Waals surface area contributed by atoms with E-state index in [4.69, 9.17) is 4.42 Å². The fourth-order valence-electron chi connectivity index (χ4n) is 2.91. The molecule has 1 atom stereocenters. The molecule has 0 aliphatic heterocycles. The molecule has 1 aromatic carbocycles. The first kappa shape index (κ1) is 14.6. The van der Waals surface area contributed by atoms with Gasteiger partial charge in [0.15, 0.2) is 0 Å². The van der Waals surface area contributed by atoms with E-state index in [1.807, 2.05) is 13.0 Å². The van der Waals surface area contributed by atoms with Crippen molar-refractivity contribution in [1.29, 1.82) is 0 Å². The molecule has 0 saturated heterocycles. The molecule has 1 amide bonds. The van der Waals surface area contributed by atoms with Crippen LogP contribution in [0, 0.1) is 0 Å². The zero-order valence-corrected chi connectivity index (χ0v) is 12.8. The molecule has 1 unspecified atom stereocenters. The maximum Gasteiger partial charge on any atom is 0.244 e. The number of amides is 1. The molecule has 2 aromatic rings. The Kier molecular flexibility index (Phi) is 4.42. The summed E-state index contributed by atoms with van der Waals surface area (Å²) in [6, 6.07) is 10.2. The van der Waals surface area contributed by atoms with E-state index in [0.717, 1.165) is 6.42 Å². The van der Waals surface area contributed by atoms with E-state index in [2.05, 4.69) is 23.5 Å². The monoisotopic (exact) mass is 295 g/mol. The smallest absolute Gasteiger partial charge is 0.244 e. The summed E-state index contributed by atoms with van der Waals surface area (Å²) in [5.74, 6) is 0.568. The summed E-state index contributed by atoms with van der Waals surface area (Å²) in [5.41, 5.74) is 4.07. The lowest BCUT2D eigenvalue weighted by molar-refractivity contribution is -0.117. The van der Waals surface area contributed by atoms with Gasteiger partial charge in [-0.05, 0) is 67.5 Å². The van der Waals surface area contributed by atoms with Crippen molar-refractivity contribution in [2.75, 3.05) is 0 Å². The average molecular weight is 295 g/mol. The summed E-state index contributed by atoms with van der Waals surface area (Å²) in [7, 11) is 0. The topological polar surface area (TPSA) is 42.2 Å². The van der Waals surface area contributed by atoms with Crippen molar-refractivity contribution in [3.63, 3.8) is 0 Å². The van der Waals surface area contributed by atoms with Crippen LogP contribution in [0.1, 0.15) is 48.3 Å². The first-order valence-corrected chi connectivity index (χ1v) is 7.86. The number of nitrogens with one attached hydrogen (secondary N) is 1. The highest BCUT2D eigenvalue weighted by Crippen LogP contribution is 2.24. The molecule has 0 spiro atoms. The van der Waals surface area contributed by atoms with Crippen LogP contribution in [-0.2, 0) is 17.6 Å². The number of rotatable bonds is 4. The molecule has 1 heterocycles. The Morgan fingerprint density at radius 1 is 1.23 bits per heavy atom. The number of fused-ring (bicyclic) bond motifs is 1. The van der Waals surface area contributed by atoms with Gasteiger partial charge < -0.3 is 9.73 Å². The number of furan rings is 1. The Labute approximate surface area is 131 Å². The zero-order chi connectivity index (χ0) is 15.4. The third-order valence-electron chi connectivity index (χ3n) is 4.17. The van der Waals surface area contributed by atoms with E-state index in [0.29, 0.717) is 5.76 Å². The molecule has 0 saturated carbocycles. The fourth-order valence-corrected chi connectivity index (χ4v) is 2.91. The molecule has 1 aliphatic carbocycles. The number of carbonyl (C=O) groups is 1.